The molecule has 2 aliphatic heterocycles. The zero-order valence-corrected chi connectivity index (χ0v) is 14.2. The predicted octanol–water partition coefficient (Wildman–Crippen LogP) is 3.38. The van der Waals surface area contributed by atoms with Crippen molar-refractivity contribution in [3.63, 3.8) is 0 Å². The second-order valence-corrected chi connectivity index (χ2v) is 7.06. The highest BCUT2D eigenvalue weighted by atomic mass is 19.1. The van der Waals surface area contributed by atoms with Gasteiger partial charge in [-0.1, -0.05) is 6.07 Å². The van der Waals surface area contributed by atoms with Gasteiger partial charge in [-0.25, -0.2) is 4.39 Å². The van der Waals surface area contributed by atoms with Gasteiger partial charge in [0.1, 0.15) is 5.82 Å². The topological polar surface area (TPSA) is 36.4 Å². The molecule has 2 aliphatic rings. The van der Waals surface area contributed by atoms with E-state index in [0.717, 1.165) is 43.6 Å². The van der Waals surface area contributed by atoms with Crippen molar-refractivity contribution in [2.75, 3.05) is 18.0 Å². The number of likely N-dealkylation sites (tertiary alicyclic amines) is 1. The number of carbonyl (C=O) groups is 1. The lowest BCUT2D eigenvalue weighted by molar-refractivity contribution is -0.132. The summed E-state index contributed by atoms with van der Waals surface area (Å²) in [5, 5.41) is 0. The Balaban J connectivity index is 1.59. The fourth-order valence-corrected chi connectivity index (χ4v) is 4.23. The Morgan fingerprint density at radius 1 is 1.16 bits per heavy atom. The molecule has 2 fully saturated rings. The summed E-state index contributed by atoms with van der Waals surface area (Å²) < 4.78 is 13.6. The monoisotopic (exact) mass is 339 g/mol. The molecule has 0 radical (unpaired) electrons. The van der Waals surface area contributed by atoms with Crippen LogP contribution in [0.2, 0.25) is 0 Å². The lowest BCUT2D eigenvalue weighted by Crippen LogP contribution is -2.56. The summed E-state index contributed by atoms with van der Waals surface area (Å²) in [6.45, 7) is 2.30. The Bertz CT molecular complexity index is 767. The molecule has 0 aliphatic carbocycles. The van der Waals surface area contributed by atoms with Crippen LogP contribution in [0.3, 0.4) is 0 Å². The maximum Gasteiger partial charge on any atom is 0.223 e. The molecule has 1 aromatic heterocycles. The summed E-state index contributed by atoms with van der Waals surface area (Å²) in [6.07, 6.45) is 7.03. The van der Waals surface area contributed by atoms with Crippen molar-refractivity contribution in [2.24, 2.45) is 0 Å². The van der Waals surface area contributed by atoms with Crippen LogP contribution in [-0.4, -0.2) is 34.4 Å². The average molecular weight is 339 g/mol. The van der Waals surface area contributed by atoms with Crippen molar-refractivity contribution < 1.29 is 9.18 Å². The van der Waals surface area contributed by atoms with E-state index < -0.39 is 0 Å². The van der Waals surface area contributed by atoms with Gasteiger partial charge in [0.25, 0.3) is 0 Å². The first kappa shape index (κ1) is 16.1. The molecule has 1 atom stereocenters. The number of piperidine rings is 1. The lowest BCUT2D eigenvalue weighted by atomic mass is 9.86. The number of aromatic nitrogens is 1. The normalized spacial score (nSPS) is 23.5. The van der Waals surface area contributed by atoms with Crippen molar-refractivity contribution in [3.8, 4) is 0 Å². The van der Waals surface area contributed by atoms with Gasteiger partial charge in [-0.15, -0.1) is 0 Å². The van der Waals surface area contributed by atoms with Crippen LogP contribution in [0.4, 0.5) is 10.1 Å². The molecule has 5 heteroatoms. The number of amides is 1. The van der Waals surface area contributed by atoms with E-state index in [2.05, 4.69) is 9.88 Å². The van der Waals surface area contributed by atoms with E-state index in [1.165, 1.54) is 6.07 Å². The first-order chi connectivity index (χ1) is 12.2. The van der Waals surface area contributed by atoms with Gasteiger partial charge >= 0.3 is 0 Å². The smallest absolute Gasteiger partial charge is 0.223 e. The second-order valence-electron chi connectivity index (χ2n) is 7.06. The highest BCUT2D eigenvalue weighted by molar-refractivity contribution is 5.80. The molecule has 3 heterocycles. The Morgan fingerprint density at radius 2 is 2.00 bits per heavy atom. The second kappa shape index (κ2) is 6.47. The van der Waals surface area contributed by atoms with Crippen LogP contribution in [0.5, 0.6) is 0 Å². The van der Waals surface area contributed by atoms with Gasteiger partial charge in [-0.05, 0) is 55.2 Å². The van der Waals surface area contributed by atoms with Crippen LogP contribution < -0.4 is 4.90 Å². The van der Waals surface area contributed by atoms with E-state index in [9.17, 15) is 9.18 Å². The molecule has 0 saturated carbocycles. The Kier molecular flexibility index (Phi) is 4.15. The molecular weight excluding hydrogens is 317 g/mol. The van der Waals surface area contributed by atoms with E-state index >= 15 is 0 Å². The molecule has 0 N–H and O–H groups in total. The Labute approximate surface area is 147 Å². The minimum absolute atomic E-state index is 0.148. The van der Waals surface area contributed by atoms with Crippen molar-refractivity contribution in [1.82, 2.24) is 9.88 Å². The molecule has 2 saturated heterocycles. The van der Waals surface area contributed by atoms with Crippen LogP contribution in [0, 0.1) is 5.82 Å². The number of carbonyl (C=O) groups excluding carboxylic acids is 1. The summed E-state index contributed by atoms with van der Waals surface area (Å²) in [6, 6.07) is 10.7. The minimum atomic E-state index is -0.215. The van der Waals surface area contributed by atoms with Gasteiger partial charge in [-0.3, -0.25) is 9.78 Å². The minimum Gasteiger partial charge on any atom is -0.369 e. The van der Waals surface area contributed by atoms with Gasteiger partial charge in [0.15, 0.2) is 0 Å². The fourth-order valence-electron chi connectivity index (χ4n) is 4.23. The van der Waals surface area contributed by atoms with Crippen molar-refractivity contribution in [2.45, 2.75) is 37.8 Å². The maximum absolute atomic E-state index is 13.6. The number of benzene rings is 1. The SMILES string of the molecule is O=C1CCC2(CCCN(c3cccc(F)c3)C2)N1Cc1ccncc1. The molecule has 25 heavy (non-hydrogen) atoms. The highest BCUT2D eigenvalue weighted by Crippen LogP contribution is 2.40. The van der Waals surface area contributed by atoms with Gasteiger partial charge in [-0.2, -0.15) is 0 Å². The quantitative estimate of drug-likeness (QED) is 0.860. The van der Waals surface area contributed by atoms with E-state index in [0.29, 0.717) is 13.0 Å². The summed E-state index contributed by atoms with van der Waals surface area (Å²) in [4.78, 5) is 20.9. The fraction of sp³-hybridized carbons (Fsp3) is 0.400. The third-order valence-electron chi connectivity index (χ3n) is 5.50. The molecule has 130 valence electrons. The molecule has 2 aromatic rings. The van der Waals surface area contributed by atoms with E-state index in [-0.39, 0.29) is 17.3 Å². The van der Waals surface area contributed by atoms with Gasteiger partial charge in [0.05, 0.1) is 5.54 Å². The summed E-state index contributed by atoms with van der Waals surface area (Å²) in [7, 11) is 0. The van der Waals surface area contributed by atoms with Crippen LogP contribution in [0.15, 0.2) is 48.8 Å². The lowest BCUT2D eigenvalue weighted by Gasteiger charge is -2.46. The molecule has 1 amide bonds. The molecular formula is C20H22FN3O. The maximum atomic E-state index is 13.6. The third-order valence-corrected chi connectivity index (χ3v) is 5.50. The van der Waals surface area contributed by atoms with Crippen molar-refractivity contribution in [3.05, 3.63) is 60.2 Å². The summed E-state index contributed by atoms with van der Waals surface area (Å²) >= 11 is 0. The molecule has 0 bridgehead atoms. The number of rotatable bonds is 3. The van der Waals surface area contributed by atoms with Crippen LogP contribution in [0.1, 0.15) is 31.2 Å². The summed E-state index contributed by atoms with van der Waals surface area (Å²) in [5.41, 5.74) is 1.86. The molecule has 1 unspecified atom stereocenters. The Morgan fingerprint density at radius 3 is 2.80 bits per heavy atom. The average Bonchev–Trinajstić information content (AvgIpc) is 2.92. The van der Waals surface area contributed by atoms with Crippen molar-refractivity contribution in [1.29, 1.82) is 0 Å². The number of halogens is 1. The first-order valence-electron chi connectivity index (χ1n) is 8.86. The number of hydrogen-bond donors (Lipinski definition) is 0. The van der Waals surface area contributed by atoms with Crippen LogP contribution >= 0.6 is 0 Å². The van der Waals surface area contributed by atoms with Crippen LogP contribution in [-0.2, 0) is 11.3 Å². The van der Waals surface area contributed by atoms with E-state index in [1.54, 1.807) is 24.5 Å². The highest BCUT2D eigenvalue weighted by Gasteiger charge is 2.47. The van der Waals surface area contributed by atoms with Gasteiger partial charge < -0.3 is 9.80 Å². The van der Waals surface area contributed by atoms with E-state index in [4.69, 9.17) is 0 Å². The number of pyridine rings is 1. The molecule has 4 nitrogen and oxygen atoms in total. The third kappa shape index (κ3) is 3.11. The number of anilines is 1. The zero-order chi connectivity index (χ0) is 17.3. The number of nitrogens with zero attached hydrogens (tertiary/aromatic N) is 3. The molecule has 1 aromatic carbocycles. The molecule has 4 rings (SSSR count). The largest absolute Gasteiger partial charge is 0.369 e. The number of hydrogen-bond acceptors (Lipinski definition) is 3. The predicted molar refractivity (Wildman–Crippen MR) is 94.6 cm³/mol. The van der Waals surface area contributed by atoms with E-state index in [1.807, 2.05) is 23.1 Å². The van der Waals surface area contributed by atoms with Gasteiger partial charge in [0.2, 0.25) is 5.91 Å². The van der Waals surface area contributed by atoms with Crippen molar-refractivity contribution >= 4 is 11.6 Å². The Hall–Kier alpha value is -2.43. The molecule has 1 spiro atoms. The zero-order valence-electron chi connectivity index (χ0n) is 14.2. The standard InChI is InChI=1S/C20H22FN3O/c21-17-3-1-4-18(13-17)23-12-2-8-20(15-23)9-5-19(25)24(20)14-16-6-10-22-11-7-16/h1,3-4,6-7,10-11,13H,2,5,8-9,12,14-15H2. The van der Waals surface area contributed by atoms with Gasteiger partial charge in [0, 0.05) is 44.1 Å². The van der Waals surface area contributed by atoms with Crippen LogP contribution in [0.25, 0.3) is 0 Å². The first-order valence-corrected chi connectivity index (χ1v) is 8.86. The summed E-state index contributed by atoms with van der Waals surface area (Å²) in [5.74, 6) is 0.00571.